The van der Waals surface area contributed by atoms with Gasteiger partial charge in [0.2, 0.25) is 0 Å². The zero-order valence-corrected chi connectivity index (χ0v) is 14.6. The van der Waals surface area contributed by atoms with E-state index in [-0.39, 0.29) is 0 Å². The zero-order valence-electron chi connectivity index (χ0n) is 7.75. The van der Waals surface area contributed by atoms with Gasteiger partial charge in [-0.15, -0.1) is 0 Å². The molecule has 0 rings (SSSR count). The zero-order chi connectivity index (χ0) is 14.4. The molecule has 18 heavy (non-hydrogen) atoms. The smallest absolute Gasteiger partial charge is 0.449 e. The Labute approximate surface area is 131 Å². The molecule has 0 amide bonds. The summed E-state index contributed by atoms with van der Waals surface area (Å²) in [6.45, 7) is 0. The number of alkyl halides is 3. The molecule has 0 saturated carbocycles. The molecule has 0 aromatic rings. The number of hydrogen-bond acceptors (Lipinski definition) is 6. The largest absolute Gasteiger partial charge is 0.456 e. The standard InChI is InChI=1S/C4H2F5I2O4PS2/c5-2(4(7,8)9)3(6)13-1-16(12,14-17-10)15-18-11/h1H2/b3-2+. The number of rotatable bonds is 7. The van der Waals surface area contributed by atoms with Crippen molar-refractivity contribution in [2.75, 3.05) is 6.35 Å². The van der Waals surface area contributed by atoms with Gasteiger partial charge in [0.1, 0.15) is 0 Å². The van der Waals surface area contributed by atoms with E-state index in [2.05, 4.69) is 12.7 Å². The summed E-state index contributed by atoms with van der Waals surface area (Å²) in [7, 11) is -2.89. The van der Waals surface area contributed by atoms with Gasteiger partial charge in [-0.2, -0.15) is 22.0 Å². The van der Waals surface area contributed by atoms with Gasteiger partial charge in [0.15, 0.2) is 6.35 Å². The minimum absolute atomic E-state index is 0.545. The summed E-state index contributed by atoms with van der Waals surface area (Å²) in [6.07, 6.45) is -6.72. The normalized spacial score (nSPS) is 14.4. The fraction of sp³-hybridized carbons (Fsp3) is 0.500. The highest BCUT2D eigenvalue weighted by Gasteiger charge is 2.40. The second-order valence-corrected chi connectivity index (χ2v) is 7.33. The van der Waals surface area contributed by atoms with E-state index in [1.165, 1.54) is 0 Å². The number of allylic oxidation sites excluding steroid dienone is 1. The van der Waals surface area contributed by atoms with Crippen molar-refractivity contribution >= 4 is 68.4 Å². The third-order valence-corrected chi connectivity index (χ3v) is 6.66. The fourth-order valence-corrected chi connectivity index (χ4v) is 6.49. The van der Waals surface area contributed by atoms with Crippen LogP contribution in [0.1, 0.15) is 0 Å². The molecule has 0 heterocycles. The molecule has 4 nitrogen and oxygen atoms in total. The molecule has 0 aliphatic heterocycles. The Morgan fingerprint density at radius 2 is 1.61 bits per heavy atom. The molecule has 0 bridgehead atoms. The van der Waals surface area contributed by atoms with E-state index in [1.807, 2.05) is 0 Å². The number of hydrogen-bond donors (Lipinski definition) is 0. The summed E-state index contributed by atoms with van der Waals surface area (Å²) in [5.74, 6) is -3.06. The molecule has 0 aliphatic carbocycles. The van der Waals surface area contributed by atoms with Gasteiger partial charge in [-0.05, 0) is 0 Å². The first kappa shape index (κ1) is 19.5. The maximum absolute atomic E-state index is 12.6. The van der Waals surface area contributed by atoms with Crippen LogP contribution in [0.3, 0.4) is 0 Å². The van der Waals surface area contributed by atoms with Crippen LogP contribution in [0.2, 0.25) is 0 Å². The van der Waals surface area contributed by atoms with Gasteiger partial charge in [0.25, 0.3) is 5.83 Å². The minimum Gasteiger partial charge on any atom is -0.456 e. The van der Waals surface area contributed by atoms with Gasteiger partial charge < -0.3 is 4.74 Å². The SMILES string of the molecule is O=P(CO/C(F)=C(/F)C(F)(F)F)(OSI)OSI. The second kappa shape index (κ2) is 8.71. The summed E-state index contributed by atoms with van der Waals surface area (Å²) in [4.78, 5) is 0. The van der Waals surface area contributed by atoms with Crippen molar-refractivity contribution in [2.45, 2.75) is 6.18 Å². The van der Waals surface area contributed by atoms with E-state index in [9.17, 15) is 26.5 Å². The molecule has 0 fully saturated rings. The number of halogens is 7. The quantitative estimate of drug-likeness (QED) is 0.129. The van der Waals surface area contributed by atoms with Crippen LogP contribution in [0.5, 0.6) is 0 Å². The Morgan fingerprint density at radius 1 is 1.17 bits per heavy atom. The van der Waals surface area contributed by atoms with E-state index in [0.717, 1.165) is 0 Å². The van der Waals surface area contributed by atoms with E-state index in [1.54, 1.807) is 42.4 Å². The van der Waals surface area contributed by atoms with E-state index >= 15 is 0 Å². The highest BCUT2D eigenvalue weighted by atomic mass is 127. The molecule has 0 atom stereocenters. The lowest BCUT2D eigenvalue weighted by Crippen LogP contribution is -2.11. The molecule has 0 aliphatic rings. The molecule has 0 aromatic carbocycles. The molecule has 0 aromatic heterocycles. The van der Waals surface area contributed by atoms with Crippen LogP contribution in [0.25, 0.3) is 0 Å². The molecule has 0 radical (unpaired) electrons. The first-order valence-electron chi connectivity index (χ1n) is 3.44. The number of ether oxygens (including phenoxy) is 1. The van der Waals surface area contributed by atoms with E-state index in [0.29, 0.717) is 18.4 Å². The molecule has 14 heteroatoms. The molecule has 0 unspecified atom stereocenters. The second-order valence-electron chi connectivity index (χ2n) is 2.24. The van der Waals surface area contributed by atoms with Crippen LogP contribution in [-0.2, 0) is 17.2 Å². The fourth-order valence-electron chi connectivity index (χ4n) is 0.452. The topological polar surface area (TPSA) is 44.8 Å². The highest BCUT2D eigenvalue weighted by Crippen LogP contribution is 2.57. The van der Waals surface area contributed by atoms with Gasteiger partial charge in [-0.25, -0.2) is 7.94 Å². The first-order valence-corrected chi connectivity index (χ1v) is 11.7. The molecular weight excluding hydrogens is 556 g/mol. The summed E-state index contributed by atoms with van der Waals surface area (Å²) in [6, 6.07) is -2.54. The van der Waals surface area contributed by atoms with Crippen LogP contribution in [0, 0.1) is 0 Å². The van der Waals surface area contributed by atoms with Crippen molar-refractivity contribution in [1.82, 2.24) is 0 Å². The van der Waals surface area contributed by atoms with Gasteiger partial charge in [-0.3, -0.25) is 4.57 Å². The summed E-state index contributed by atoms with van der Waals surface area (Å²) in [5, 5.41) is 0. The minimum atomic E-state index is -5.52. The van der Waals surface area contributed by atoms with Gasteiger partial charge in [0.05, 0.1) is 18.4 Å². The highest BCUT2D eigenvalue weighted by molar-refractivity contribution is 14.2. The van der Waals surface area contributed by atoms with E-state index < -0.39 is 32.0 Å². The van der Waals surface area contributed by atoms with Gasteiger partial charge in [-0.1, -0.05) is 0 Å². The van der Waals surface area contributed by atoms with Crippen molar-refractivity contribution in [3.63, 3.8) is 0 Å². The van der Waals surface area contributed by atoms with Crippen LogP contribution in [0.15, 0.2) is 11.8 Å². The van der Waals surface area contributed by atoms with Crippen molar-refractivity contribution in [3.05, 3.63) is 11.8 Å². The Kier molecular flexibility index (Phi) is 9.44. The first-order chi connectivity index (χ1) is 8.16. The van der Waals surface area contributed by atoms with Crippen molar-refractivity contribution in [1.29, 1.82) is 0 Å². The Balaban J connectivity index is 4.68. The van der Waals surface area contributed by atoms with Crippen LogP contribution in [-0.4, -0.2) is 12.5 Å². The van der Waals surface area contributed by atoms with Crippen LogP contribution >= 0.6 is 68.4 Å². The Morgan fingerprint density at radius 3 is 1.94 bits per heavy atom. The third kappa shape index (κ3) is 7.33. The van der Waals surface area contributed by atoms with Crippen molar-refractivity contribution in [3.8, 4) is 0 Å². The molecule has 0 spiro atoms. The lowest BCUT2D eigenvalue weighted by molar-refractivity contribution is -0.116. The monoisotopic (exact) mass is 558 g/mol. The van der Waals surface area contributed by atoms with Gasteiger partial charge in [0, 0.05) is 42.4 Å². The average Bonchev–Trinajstić information content (AvgIpc) is 2.24. The summed E-state index contributed by atoms with van der Waals surface area (Å²) >= 11 is 3.10. The van der Waals surface area contributed by atoms with E-state index in [4.69, 9.17) is 0 Å². The predicted molar refractivity (Wildman–Crippen MR) is 74.2 cm³/mol. The van der Waals surface area contributed by atoms with Crippen LogP contribution < -0.4 is 0 Å². The van der Waals surface area contributed by atoms with Gasteiger partial charge >= 0.3 is 19.8 Å². The summed E-state index contributed by atoms with van der Waals surface area (Å²) in [5.41, 5.74) is 0. The Hall–Kier alpha value is 1.50. The van der Waals surface area contributed by atoms with Crippen molar-refractivity contribution < 1.29 is 39.2 Å². The summed E-state index contributed by atoms with van der Waals surface area (Å²) < 4.78 is 84.4. The molecule has 0 saturated heterocycles. The predicted octanol–water partition coefficient (Wildman–Crippen LogP) is 5.85. The van der Waals surface area contributed by atoms with Crippen LogP contribution in [0.4, 0.5) is 22.0 Å². The average molecular weight is 558 g/mol. The maximum atomic E-state index is 12.6. The molecule has 0 N–H and O–H groups in total. The third-order valence-electron chi connectivity index (χ3n) is 1.05. The lowest BCUT2D eigenvalue weighted by Gasteiger charge is -2.13. The molecule has 108 valence electrons. The molecular formula is C4H2F5I2O4PS2. The lowest BCUT2D eigenvalue weighted by atomic mass is 10.5. The maximum Gasteiger partial charge on any atom is 0.449 e. The van der Waals surface area contributed by atoms with Crippen molar-refractivity contribution in [2.24, 2.45) is 0 Å². The Bertz CT molecular complexity index is 343.